The fourth-order valence-electron chi connectivity index (χ4n) is 1.89. The summed E-state index contributed by atoms with van der Waals surface area (Å²) in [4.78, 5) is 18.4. The summed E-state index contributed by atoms with van der Waals surface area (Å²) in [6, 6.07) is 2.04. The van der Waals surface area contributed by atoms with Crippen molar-refractivity contribution in [2.45, 2.75) is 19.8 Å². The highest BCUT2D eigenvalue weighted by molar-refractivity contribution is 7.14. The highest BCUT2D eigenvalue weighted by Crippen LogP contribution is 2.25. The van der Waals surface area contributed by atoms with Crippen molar-refractivity contribution in [3.63, 3.8) is 0 Å². The van der Waals surface area contributed by atoms with E-state index in [-0.39, 0.29) is 12.5 Å². The number of thiophene rings is 1. The molecule has 0 aliphatic rings. The van der Waals surface area contributed by atoms with Crippen LogP contribution in [0.3, 0.4) is 0 Å². The molecule has 1 amide bonds. The van der Waals surface area contributed by atoms with E-state index in [9.17, 15) is 4.79 Å². The van der Waals surface area contributed by atoms with Crippen molar-refractivity contribution >= 4 is 28.6 Å². The Labute approximate surface area is 126 Å². The average Bonchev–Trinajstić information content (AvgIpc) is 3.09. The molecule has 20 heavy (non-hydrogen) atoms. The molecule has 0 aromatic carbocycles. The van der Waals surface area contributed by atoms with Crippen LogP contribution >= 0.6 is 22.7 Å². The molecule has 2 rings (SSSR count). The molecule has 4 nitrogen and oxygen atoms in total. The maximum Gasteiger partial charge on any atom is 0.228 e. The number of aliphatic hydroxyl groups excluding tert-OH is 1. The van der Waals surface area contributed by atoms with Gasteiger partial charge in [0.05, 0.1) is 12.1 Å². The highest BCUT2D eigenvalue weighted by Gasteiger charge is 2.14. The minimum atomic E-state index is 0.0723. The Balaban J connectivity index is 1.97. The monoisotopic (exact) mass is 310 g/mol. The lowest BCUT2D eigenvalue weighted by Gasteiger charge is -2.19. The van der Waals surface area contributed by atoms with Gasteiger partial charge in [-0.15, -0.1) is 11.3 Å². The number of amides is 1. The van der Waals surface area contributed by atoms with Crippen molar-refractivity contribution < 1.29 is 9.90 Å². The van der Waals surface area contributed by atoms with Gasteiger partial charge in [-0.2, -0.15) is 11.3 Å². The van der Waals surface area contributed by atoms with Crippen molar-refractivity contribution in [2.75, 3.05) is 19.7 Å². The summed E-state index contributed by atoms with van der Waals surface area (Å²) in [5, 5.41) is 15.8. The van der Waals surface area contributed by atoms with Crippen molar-refractivity contribution in [3.05, 3.63) is 27.9 Å². The quantitative estimate of drug-likeness (QED) is 0.855. The number of carbonyl (C=O) groups is 1. The molecule has 6 heteroatoms. The van der Waals surface area contributed by atoms with Gasteiger partial charge in [0.1, 0.15) is 5.01 Å². The molecule has 0 spiro atoms. The second-order valence-corrected chi connectivity index (χ2v) is 6.02. The molecule has 1 N–H and O–H groups in total. The van der Waals surface area contributed by atoms with Crippen molar-refractivity contribution in [2.24, 2.45) is 0 Å². The van der Waals surface area contributed by atoms with Crippen LogP contribution in [0.1, 0.15) is 19.0 Å². The van der Waals surface area contributed by atoms with E-state index in [0.717, 1.165) is 16.3 Å². The van der Waals surface area contributed by atoms with Crippen LogP contribution in [0.2, 0.25) is 0 Å². The molecule has 2 aromatic rings. The third kappa shape index (κ3) is 3.88. The highest BCUT2D eigenvalue weighted by atomic mass is 32.1. The number of nitrogens with zero attached hydrogens (tertiary/aromatic N) is 2. The van der Waals surface area contributed by atoms with Gasteiger partial charge in [-0.05, 0) is 24.8 Å². The second kappa shape index (κ2) is 7.52. The Bertz CT molecular complexity index is 537. The van der Waals surface area contributed by atoms with E-state index in [4.69, 9.17) is 5.11 Å². The number of carbonyl (C=O) groups excluding carboxylic acids is 1. The Morgan fingerprint density at radius 2 is 2.30 bits per heavy atom. The van der Waals surface area contributed by atoms with E-state index in [0.29, 0.717) is 25.9 Å². The first kappa shape index (κ1) is 15.2. The molecule has 0 aliphatic carbocycles. The van der Waals surface area contributed by atoms with E-state index in [1.54, 1.807) is 27.6 Å². The smallest absolute Gasteiger partial charge is 0.228 e. The zero-order chi connectivity index (χ0) is 14.4. The third-order valence-corrected chi connectivity index (χ3v) is 4.60. The predicted octanol–water partition coefficient (Wildman–Crippen LogP) is 2.65. The van der Waals surface area contributed by atoms with Gasteiger partial charge in [0, 0.05) is 36.0 Å². The molecule has 0 fully saturated rings. The van der Waals surface area contributed by atoms with Gasteiger partial charge in [-0.25, -0.2) is 4.98 Å². The van der Waals surface area contributed by atoms with Crippen LogP contribution in [0, 0.1) is 0 Å². The molecule has 0 saturated heterocycles. The number of aromatic nitrogens is 1. The third-order valence-electron chi connectivity index (χ3n) is 2.97. The first-order chi connectivity index (χ1) is 9.74. The number of aliphatic hydroxyl groups is 1. The predicted molar refractivity (Wildman–Crippen MR) is 83.1 cm³/mol. The van der Waals surface area contributed by atoms with E-state index in [1.165, 1.54) is 0 Å². The number of rotatable bonds is 7. The molecular weight excluding hydrogens is 292 g/mol. The number of likely N-dealkylation sites (N-methyl/N-ethyl adjacent to an activating group) is 1. The van der Waals surface area contributed by atoms with Crippen molar-refractivity contribution in [1.29, 1.82) is 0 Å². The van der Waals surface area contributed by atoms with Crippen LogP contribution < -0.4 is 0 Å². The Morgan fingerprint density at radius 1 is 1.45 bits per heavy atom. The maximum absolute atomic E-state index is 12.2. The summed E-state index contributed by atoms with van der Waals surface area (Å²) in [6.45, 7) is 3.34. The van der Waals surface area contributed by atoms with Crippen LogP contribution in [0.15, 0.2) is 22.2 Å². The summed E-state index contributed by atoms with van der Waals surface area (Å²) >= 11 is 3.21. The van der Waals surface area contributed by atoms with Gasteiger partial charge in [0.25, 0.3) is 0 Å². The van der Waals surface area contributed by atoms with Crippen molar-refractivity contribution in [1.82, 2.24) is 9.88 Å². The Kier molecular flexibility index (Phi) is 5.70. The molecule has 108 valence electrons. The molecule has 0 atom stereocenters. The van der Waals surface area contributed by atoms with Gasteiger partial charge in [-0.3, -0.25) is 4.79 Å². The maximum atomic E-state index is 12.2. The normalized spacial score (nSPS) is 10.7. The molecule has 0 saturated carbocycles. The van der Waals surface area contributed by atoms with Gasteiger partial charge < -0.3 is 10.0 Å². The number of thiazole rings is 1. The number of hydrogen-bond donors (Lipinski definition) is 1. The molecule has 0 radical (unpaired) electrons. The SMILES string of the molecule is CCN(CCCO)C(=O)Cc1csc(-c2ccsc2)n1. The molecule has 2 aromatic heterocycles. The van der Waals surface area contributed by atoms with E-state index < -0.39 is 0 Å². The van der Waals surface area contributed by atoms with E-state index in [1.807, 2.05) is 23.8 Å². The topological polar surface area (TPSA) is 53.4 Å². The molecule has 2 heterocycles. The minimum absolute atomic E-state index is 0.0723. The Hall–Kier alpha value is -1.24. The van der Waals surface area contributed by atoms with Crippen molar-refractivity contribution in [3.8, 4) is 10.6 Å². The van der Waals surface area contributed by atoms with Gasteiger partial charge in [-0.1, -0.05) is 0 Å². The summed E-state index contributed by atoms with van der Waals surface area (Å²) < 4.78 is 0. The summed E-state index contributed by atoms with van der Waals surface area (Å²) in [6.07, 6.45) is 0.955. The fraction of sp³-hybridized carbons (Fsp3) is 0.429. The van der Waals surface area contributed by atoms with E-state index in [2.05, 4.69) is 10.4 Å². The zero-order valence-corrected chi connectivity index (χ0v) is 13.0. The Morgan fingerprint density at radius 3 is 2.95 bits per heavy atom. The van der Waals surface area contributed by atoms with Crippen LogP contribution in [0.5, 0.6) is 0 Å². The summed E-state index contributed by atoms with van der Waals surface area (Å²) in [7, 11) is 0. The molecular formula is C14H18N2O2S2. The standard InChI is InChI=1S/C14H18N2O2S2/c1-2-16(5-3-6-17)13(18)8-12-10-20-14(15-12)11-4-7-19-9-11/h4,7,9-10,17H,2-3,5-6,8H2,1H3. The fourth-order valence-corrected chi connectivity index (χ4v) is 3.43. The van der Waals surface area contributed by atoms with Crippen LogP contribution in [-0.4, -0.2) is 40.6 Å². The van der Waals surface area contributed by atoms with Gasteiger partial charge in [0.15, 0.2) is 0 Å². The molecule has 0 bridgehead atoms. The van der Waals surface area contributed by atoms with Crippen LogP contribution in [0.25, 0.3) is 10.6 Å². The zero-order valence-electron chi connectivity index (χ0n) is 11.4. The van der Waals surface area contributed by atoms with Crippen LogP contribution in [0.4, 0.5) is 0 Å². The number of hydrogen-bond acceptors (Lipinski definition) is 5. The summed E-state index contributed by atoms with van der Waals surface area (Å²) in [5.74, 6) is 0.0723. The minimum Gasteiger partial charge on any atom is -0.396 e. The second-order valence-electron chi connectivity index (χ2n) is 4.38. The van der Waals surface area contributed by atoms with E-state index >= 15 is 0 Å². The van der Waals surface area contributed by atoms with Gasteiger partial charge in [0.2, 0.25) is 5.91 Å². The first-order valence-electron chi connectivity index (χ1n) is 6.60. The largest absolute Gasteiger partial charge is 0.396 e. The summed E-state index contributed by atoms with van der Waals surface area (Å²) in [5.41, 5.74) is 1.94. The lowest BCUT2D eigenvalue weighted by atomic mass is 10.2. The average molecular weight is 310 g/mol. The lowest BCUT2D eigenvalue weighted by Crippen LogP contribution is -2.33. The molecule has 0 aliphatic heterocycles. The molecule has 0 unspecified atom stereocenters. The van der Waals surface area contributed by atoms with Gasteiger partial charge >= 0.3 is 0 Å². The lowest BCUT2D eigenvalue weighted by molar-refractivity contribution is -0.130. The first-order valence-corrected chi connectivity index (χ1v) is 8.42. The van der Waals surface area contributed by atoms with Crippen LogP contribution in [-0.2, 0) is 11.2 Å².